The summed E-state index contributed by atoms with van der Waals surface area (Å²) in [7, 11) is 1.65. The molecule has 2 rings (SSSR count). The number of likely N-dealkylation sites (N-methyl/N-ethyl adjacent to an activating group) is 1. The zero-order valence-electron chi connectivity index (χ0n) is 13.1. The number of nitrogens with one attached hydrogen (secondary N) is 1. The van der Waals surface area contributed by atoms with Crippen LogP contribution < -0.4 is 10.3 Å². The molecule has 5 heteroatoms. The number of H-pyrrole nitrogens is 1. The van der Waals surface area contributed by atoms with E-state index in [1.165, 1.54) is 17.2 Å². The van der Waals surface area contributed by atoms with E-state index in [1.807, 2.05) is 26.0 Å². The Labute approximate surface area is 129 Å². The van der Waals surface area contributed by atoms with Crippen LogP contribution >= 0.6 is 0 Å². The first-order valence-corrected chi connectivity index (χ1v) is 7.11. The summed E-state index contributed by atoms with van der Waals surface area (Å²) in [4.78, 5) is 27.7. The lowest BCUT2D eigenvalue weighted by Gasteiger charge is -2.17. The van der Waals surface area contributed by atoms with E-state index in [2.05, 4.69) is 11.1 Å². The van der Waals surface area contributed by atoms with E-state index in [0.717, 1.165) is 16.9 Å². The summed E-state index contributed by atoms with van der Waals surface area (Å²) in [6, 6.07) is 9.13. The molecule has 0 aliphatic rings. The number of carbonyl (C=O) groups is 1. The first kappa shape index (κ1) is 15.8. The molecule has 0 aliphatic heterocycles. The molecule has 1 aromatic heterocycles. The first-order valence-electron chi connectivity index (χ1n) is 7.11. The van der Waals surface area contributed by atoms with Gasteiger partial charge in [-0.1, -0.05) is 6.07 Å². The van der Waals surface area contributed by atoms with Crippen molar-refractivity contribution < 1.29 is 9.53 Å². The van der Waals surface area contributed by atoms with E-state index in [-0.39, 0.29) is 17.0 Å². The van der Waals surface area contributed by atoms with Gasteiger partial charge >= 0.3 is 0 Å². The highest BCUT2D eigenvalue weighted by atomic mass is 16.5. The molecule has 116 valence electrons. The van der Waals surface area contributed by atoms with Crippen LogP contribution in [-0.2, 0) is 0 Å². The second kappa shape index (κ2) is 6.93. The second-order valence-electron chi connectivity index (χ2n) is 5.31. The lowest BCUT2D eigenvalue weighted by atomic mass is 10.1. The summed E-state index contributed by atoms with van der Waals surface area (Å²) in [6.07, 6.45) is 1.50. The molecule has 0 radical (unpaired) electrons. The van der Waals surface area contributed by atoms with E-state index in [0.29, 0.717) is 13.2 Å². The van der Waals surface area contributed by atoms with Crippen molar-refractivity contribution >= 4 is 5.91 Å². The van der Waals surface area contributed by atoms with Crippen LogP contribution in [0.25, 0.3) is 0 Å². The average molecular weight is 300 g/mol. The number of aromatic amines is 1. The Hall–Kier alpha value is -2.56. The number of amides is 1. The zero-order valence-corrected chi connectivity index (χ0v) is 13.1. The molecule has 5 nitrogen and oxygen atoms in total. The van der Waals surface area contributed by atoms with Gasteiger partial charge < -0.3 is 14.6 Å². The summed E-state index contributed by atoms with van der Waals surface area (Å²) in [5.41, 5.74) is 2.02. The van der Waals surface area contributed by atoms with Crippen LogP contribution in [0.3, 0.4) is 0 Å². The molecular weight excluding hydrogens is 280 g/mol. The summed E-state index contributed by atoms with van der Waals surface area (Å²) < 4.78 is 5.67. The van der Waals surface area contributed by atoms with Gasteiger partial charge in [-0.05, 0) is 49.2 Å². The van der Waals surface area contributed by atoms with Crippen molar-refractivity contribution in [2.75, 3.05) is 20.2 Å². The fourth-order valence-electron chi connectivity index (χ4n) is 2.21. The first-order chi connectivity index (χ1) is 10.5. The maximum absolute atomic E-state index is 12.2. The van der Waals surface area contributed by atoms with Gasteiger partial charge in [-0.2, -0.15) is 0 Å². The standard InChI is InChI=1S/C17H20N2O3/c1-12-9-13(2)11-14(10-12)22-8-7-19(3)17(21)15-5-4-6-18-16(15)20/h4-6,9-11H,7-8H2,1-3H3,(H,18,20). The lowest BCUT2D eigenvalue weighted by Crippen LogP contribution is -2.34. The van der Waals surface area contributed by atoms with E-state index in [1.54, 1.807) is 13.1 Å². The van der Waals surface area contributed by atoms with Crippen LogP contribution in [0, 0.1) is 13.8 Å². The molecule has 0 spiro atoms. The average Bonchev–Trinajstić information content (AvgIpc) is 2.46. The maximum atomic E-state index is 12.2. The fraction of sp³-hybridized carbons (Fsp3) is 0.294. The Morgan fingerprint density at radius 3 is 2.55 bits per heavy atom. The van der Waals surface area contributed by atoms with Crippen LogP contribution in [0.15, 0.2) is 41.3 Å². The van der Waals surface area contributed by atoms with Gasteiger partial charge in [-0.15, -0.1) is 0 Å². The van der Waals surface area contributed by atoms with Crippen molar-refractivity contribution in [1.82, 2.24) is 9.88 Å². The highest BCUT2D eigenvalue weighted by Gasteiger charge is 2.14. The second-order valence-corrected chi connectivity index (χ2v) is 5.31. The summed E-state index contributed by atoms with van der Waals surface area (Å²) >= 11 is 0. The van der Waals surface area contributed by atoms with Gasteiger partial charge in [0.2, 0.25) is 0 Å². The molecule has 1 aromatic carbocycles. The van der Waals surface area contributed by atoms with Crippen molar-refractivity contribution in [1.29, 1.82) is 0 Å². The monoisotopic (exact) mass is 300 g/mol. The smallest absolute Gasteiger partial charge is 0.260 e. The third-order valence-corrected chi connectivity index (χ3v) is 3.29. The minimum Gasteiger partial charge on any atom is -0.492 e. The van der Waals surface area contributed by atoms with E-state index >= 15 is 0 Å². The summed E-state index contributed by atoms with van der Waals surface area (Å²) in [6.45, 7) is 4.80. The normalized spacial score (nSPS) is 10.3. The third-order valence-electron chi connectivity index (χ3n) is 3.29. The Balaban J connectivity index is 1.93. The Morgan fingerprint density at radius 2 is 1.91 bits per heavy atom. The van der Waals surface area contributed by atoms with Gasteiger partial charge in [0, 0.05) is 13.2 Å². The van der Waals surface area contributed by atoms with E-state index in [9.17, 15) is 9.59 Å². The Morgan fingerprint density at radius 1 is 1.23 bits per heavy atom. The number of hydrogen-bond donors (Lipinski definition) is 1. The largest absolute Gasteiger partial charge is 0.492 e. The van der Waals surface area contributed by atoms with Crippen molar-refractivity contribution in [2.45, 2.75) is 13.8 Å². The predicted octanol–water partition coefficient (Wildman–Crippen LogP) is 2.14. The van der Waals surface area contributed by atoms with Gasteiger partial charge in [0.15, 0.2) is 0 Å². The van der Waals surface area contributed by atoms with Gasteiger partial charge in [-0.25, -0.2) is 0 Å². The summed E-state index contributed by atoms with van der Waals surface area (Å²) in [5, 5.41) is 0. The number of pyridine rings is 1. The van der Waals surface area contributed by atoms with Crippen LogP contribution in [0.2, 0.25) is 0 Å². The van der Waals surface area contributed by atoms with Crippen LogP contribution in [0.1, 0.15) is 21.5 Å². The Bertz CT molecular complexity index is 702. The molecule has 2 aromatic rings. The SMILES string of the molecule is Cc1cc(C)cc(OCCN(C)C(=O)c2ccc[nH]c2=O)c1. The van der Waals surface area contributed by atoms with Crippen LogP contribution in [-0.4, -0.2) is 36.0 Å². The van der Waals surface area contributed by atoms with Gasteiger partial charge in [-0.3, -0.25) is 9.59 Å². The number of aryl methyl sites for hydroxylation is 2. The quantitative estimate of drug-likeness (QED) is 0.920. The Kier molecular flexibility index (Phi) is 4.99. The van der Waals surface area contributed by atoms with Gasteiger partial charge in [0.25, 0.3) is 11.5 Å². The van der Waals surface area contributed by atoms with Gasteiger partial charge in [0.05, 0.1) is 6.54 Å². The molecule has 0 atom stereocenters. The minimum absolute atomic E-state index is 0.136. The molecule has 0 unspecified atom stereocenters. The maximum Gasteiger partial charge on any atom is 0.260 e. The molecule has 0 saturated carbocycles. The third kappa shape index (κ3) is 3.97. The molecule has 1 heterocycles. The highest BCUT2D eigenvalue weighted by Crippen LogP contribution is 2.16. The van der Waals surface area contributed by atoms with E-state index in [4.69, 9.17) is 4.74 Å². The minimum atomic E-state index is -0.380. The summed E-state index contributed by atoms with van der Waals surface area (Å²) in [5.74, 6) is 0.474. The zero-order chi connectivity index (χ0) is 16.1. The number of rotatable bonds is 5. The van der Waals surface area contributed by atoms with Crippen LogP contribution in [0.5, 0.6) is 5.75 Å². The van der Waals surface area contributed by atoms with E-state index < -0.39 is 0 Å². The molecule has 1 N–H and O–H groups in total. The number of aromatic nitrogens is 1. The topological polar surface area (TPSA) is 62.4 Å². The molecule has 0 fully saturated rings. The van der Waals surface area contributed by atoms with Crippen molar-refractivity contribution in [3.05, 3.63) is 63.6 Å². The van der Waals surface area contributed by atoms with Crippen molar-refractivity contribution in [2.24, 2.45) is 0 Å². The fourth-order valence-corrected chi connectivity index (χ4v) is 2.21. The number of carbonyl (C=O) groups excluding carboxylic acids is 1. The number of benzene rings is 1. The lowest BCUT2D eigenvalue weighted by molar-refractivity contribution is 0.0772. The van der Waals surface area contributed by atoms with Crippen molar-refractivity contribution in [3.63, 3.8) is 0 Å². The predicted molar refractivity (Wildman–Crippen MR) is 85.4 cm³/mol. The molecular formula is C17H20N2O3. The molecule has 22 heavy (non-hydrogen) atoms. The molecule has 0 bridgehead atoms. The molecule has 1 amide bonds. The molecule has 0 saturated heterocycles. The van der Waals surface area contributed by atoms with Crippen molar-refractivity contribution in [3.8, 4) is 5.75 Å². The highest BCUT2D eigenvalue weighted by molar-refractivity contribution is 5.93. The number of nitrogens with zero attached hydrogens (tertiary/aromatic N) is 1. The number of hydrogen-bond acceptors (Lipinski definition) is 3. The molecule has 0 aliphatic carbocycles. The number of ether oxygens (including phenoxy) is 1. The van der Waals surface area contributed by atoms with Crippen LogP contribution in [0.4, 0.5) is 0 Å². The van der Waals surface area contributed by atoms with Gasteiger partial charge in [0.1, 0.15) is 17.9 Å².